The van der Waals surface area contributed by atoms with Gasteiger partial charge in [0.1, 0.15) is 5.82 Å². The predicted molar refractivity (Wildman–Crippen MR) is 68.6 cm³/mol. The van der Waals surface area contributed by atoms with Crippen molar-refractivity contribution in [2.75, 3.05) is 13.2 Å². The van der Waals surface area contributed by atoms with E-state index in [4.69, 9.17) is 4.74 Å². The molecule has 0 saturated carbocycles. The van der Waals surface area contributed by atoms with Crippen LogP contribution in [-0.2, 0) is 4.74 Å². The first-order chi connectivity index (χ1) is 8.04. The highest BCUT2D eigenvalue weighted by molar-refractivity contribution is 5.29. The molecule has 1 N–H and O–H groups in total. The molecule has 1 aromatic carbocycles. The van der Waals surface area contributed by atoms with Crippen molar-refractivity contribution in [2.24, 2.45) is 0 Å². The van der Waals surface area contributed by atoms with Crippen LogP contribution in [0, 0.1) is 12.7 Å². The first kappa shape index (κ1) is 14.1. The van der Waals surface area contributed by atoms with Crippen molar-refractivity contribution in [3.63, 3.8) is 0 Å². The zero-order chi connectivity index (χ0) is 12.8. The summed E-state index contributed by atoms with van der Waals surface area (Å²) in [4.78, 5) is 0. The third kappa shape index (κ3) is 4.44. The van der Waals surface area contributed by atoms with Crippen molar-refractivity contribution in [1.82, 2.24) is 5.32 Å². The Kier molecular flexibility index (Phi) is 5.59. The molecule has 0 aliphatic heterocycles. The second-order valence-electron chi connectivity index (χ2n) is 4.49. The Morgan fingerprint density at radius 1 is 1.35 bits per heavy atom. The van der Waals surface area contributed by atoms with Crippen molar-refractivity contribution in [2.45, 2.75) is 39.8 Å². The van der Waals surface area contributed by atoms with E-state index >= 15 is 0 Å². The number of nitrogens with one attached hydrogen (secondary N) is 1. The fraction of sp³-hybridized carbons (Fsp3) is 0.571. The molecule has 0 aliphatic carbocycles. The minimum atomic E-state index is -0.196. The number of hydrogen-bond donors (Lipinski definition) is 1. The SMILES string of the molecule is CCNC(COC(C)C)c1cc(F)ccc1C. The second kappa shape index (κ2) is 6.72. The molecule has 3 heteroatoms. The Hall–Kier alpha value is -0.930. The van der Waals surface area contributed by atoms with E-state index in [9.17, 15) is 4.39 Å². The second-order valence-corrected chi connectivity index (χ2v) is 4.49. The summed E-state index contributed by atoms with van der Waals surface area (Å²) in [5, 5.41) is 3.33. The fourth-order valence-electron chi connectivity index (χ4n) is 1.78. The van der Waals surface area contributed by atoms with Gasteiger partial charge in [-0.15, -0.1) is 0 Å². The minimum Gasteiger partial charge on any atom is -0.377 e. The van der Waals surface area contributed by atoms with Crippen LogP contribution in [0.1, 0.15) is 37.9 Å². The highest BCUT2D eigenvalue weighted by atomic mass is 19.1. The Morgan fingerprint density at radius 3 is 2.65 bits per heavy atom. The Balaban J connectivity index is 2.84. The lowest BCUT2D eigenvalue weighted by Crippen LogP contribution is -2.27. The quantitative estimate of drug-likeness (QED) is 0.823. The molecule has 2 nitrogen and oxygen atoms in total. The lowest BCUT2D eigenvalue weighted by molar-refractivity contribution is 0.0612. The van der Waals surface area contributed by atoms with Crippen LogP contribution in [0.15, 0.2) is 18.2 Å². The molecule has 1 atom stereocenters. The Morgan fingerprint density at radius 2 is 2.06 bits per heavy atom. The number of halogens is 1. The van der Waals surface area contributed by atoms with E-state index in [0.29, 0.717) is 6.61 Å². The highest BCUT2D eigenvalue weighted by Crippen LogP contribution is 2.19. The van der Waals surface area contributed by atoms with E-state index < -0.39 is 0 Å². The molecule has 1 rings (SSSR count). The van der Waals surface area contributed by atoms with Gasteiger partial charge in [0.2, 0.25) is 0 Å². The maximum Gasteiger partial charge on any atom is 0.123 e. The third-order valence-electron chi connectivity index (χ3n) is 2.66. The predicted octanol–water partition coefficient (Wildman–Crippen LogP) is 3.21. The molecular weight excluding hydrogens is 217 g/mol. The monoisotopic (exact) mass is 239 g/mol. The number of hydrogen-bond acceptors (Lipinski definition) is 2. The summed E-state index contributed by atoms with van der Waals surface area (Å²) in [6.07, 6.45) is 0.185. The van der Waals surface area contributed by atoms with Crippen LogP contribution in [0.2, 0.25) is 0 Å². The van der Waals surface area contributed by atoms with Crippen LogP contribution in [0.5, 0.6) is 0 Å². The first-order valence-electron chi connectivity index (χ1n) is 6.15. The summed E-state index contributed by atoms with van der Waals surface area (Å²) in [7, 11) is 0. The molecule has 0 bridgehead atoms. The maximum absolute atomic E-state index is 13.3. The van der Waals surface area contributed by atoms with Gasteiger partial charge in [0.25, 0.3) is 0 Å². The van der Waals surface area contributed by atoms with Crippen molar-refractivity contribution in [3.05, 3.63) is 35.1 Å². The van der Waals surface area contributed by atoms with E-state index in [1.54, 1.807) is 6.07 Å². The molecule has 0 radical (unpaired) electrons. The summed E-state index contributed by atoms with van der Waals surface area (Å²) in [5.41, 5.74) is 2.07. The number of benzene rings is 1. The molecule has 1 unspecified atom stereocenters. The van der Waals surface area contributed by atoms with Crippen LogP contribution in [-0.4, -0.2) is 19.3 Å². The fourth-order valence-corrected chi connectivity index (χ4v) is 1.78. The van der Waals surface area contributed by atoms with Gasteiger partial charge < -0.3 is 10.1 Å². The van der Waals surface area contributed by atoms with Crippen molar-refractivity contribution >= 4 is 0 Å². The zero-order valence-corrected chi connectivity index (χ0v) is 11.1. The molecule has 0 fully saturated rings. The van der Waals surface area contributed by atoms with Crippen LogP contribution >= 0.6 is 0 Å². The van der Waals surface area contributed by atoms with E-state index in [1.165, 1.54) is 6.07 Å². The number of likely N-dealkylation sites (N-methyl/N-ethyl adjacent to an activating group) is 1. The van der Waals surface area contributed by atoms with E-state index in [-0.39, 0.29) is 18.0 Å². The zero-order valence-electron chi connectivity index (χ0n) is 11.1. The third-order valence-corrected chi connectivity index (χ3v) is 2.66. The van der Waals surface area contributed by atoms with Gasteiger partial charge >= 0.3 is 0 Å². The average Bonchev–Trinajstić information content (AvgIpc) is 2.27. The lowest BCUT2D eigenvalue weighted by atomic mass is 10.0. The number of ether oxygens (including phenoxy) is 1. The summed E-state index contributed by atoms with van der Waals surface area (Å²) < 4.78 is 18.9. The lowest BCUT2D eigenvalue weighted by Gasteiger charge is -2.21. The normalized spacial score (nSPS) is 13.1. The van der Waals surface area contributed by atoms with Crippen LogP contribution in [0.4, 0.5) is 4.39 Å². The topological polar surface area (TPSA) is 21.3 Å². The van der Waals surface area contributed by atoms with Gasteiger partial charge in [0.15, 0.2) is 0 Å². The van der Waals surface area contributed by atoms with E-state index in [0.717, 1.165) is 17.7 Å². The molecular formula is C14H22FNO. The highest BCUT2D eigenvalue weighted by Gasteiger charge is 2.14. The molecule has 17 heavy (non-hydrogen) atoms. The average molecular weight is 239 g/mol. The van der Waals surface area contributed by atoms with E-state index in [2.05, 4.69) is 5.32 Å². The molecule has 0 aliphatic rings. The largest absolute Gasteiger partial charge is 0.377 e. The Bertz CT molecular complexity index is 352. The van der Waals surface area contributed by atoms with Crippen LogP contribution in [0.3, 0.4) is 0 Å². The minimum absolute atomic E-state index is 0.0538. The van der Waals surface area contributed by atoms with Crippen molar-refractivity contribution in [1.29, 1.82) is 0 Å². The van der Waals surface area contributed by atoms with Gasteiger partial charge in [-0.3, -0.25) is 0 Å². The summed E-state index contributed by atoms with van der Waals surface area (Å²) >= 11 is 0. The van der Waals surface area contributed by atoms with Gasteiger partial charge in [-0.1, -0.05) is 13.0 Å². The molecule has 0 spiro atoms. The van der Waals surface area contributed by atoms with Crippen LogP contribution < -0.4 is 5.32 Å². The van der Waals surface area contributed by atoms with Crippen LogP contribution in [0.25, 0.3) is 0 Å². The van der Waals surface area contributed by atoms with Crippen molar-refractivity contribution < 1.29 is 9.13 Å². The van der Waals surface area contributed by atoms with Gasteiger partial charge in [0.05, 0.1) is 18.8 Å². The number of rotatable bonds is 6. The summed E-state index contributed by atoms with van der Waals surface area (Å²) in [6, 6.07) is 4.94. The smallest absolute Gasteiger partial charge is 0.123 e. The van der Waals surface area contributed by atoms with E-state index in [1.807, 2.05) is 33.8 Å². The number of aryl methyl sites for hydroxylation is 1. The standard InChI is InChI=1S/C14H22FNO/c1-5-16-14(9-17-10(2)3)13-8-12(15)7-6-11(13)4/h6-8,10,14,16H,5,9H2,1-4H3. The van der Waals surface area contributed by atoms with Gasteiger partial charge in [-0.05, 0) is 50.6 Å². The van der Waals surface area contributed by atoms with Gasteiger partial charge in [-0.25, -0.2) is 4.39 Å². The molecule has 0 saturated heterocycles. The summed E-state index contributed by atoms with van der Waals surface area (Å²) in [5.74, 6) is -0.196. The molecule has 0 amide bonds. The Labute approximate surface area is 103 Å². The molecule has 0 aromatic heterocycles. The molecule has 0 heterocycles. The van der Waals surface area contributed by atoms with Gasteiger partial charge in [-0.2, -0.15) is 0 Å². The van der Waals surface area contributed by atoms with Gasteiger partial charge in [0, 0.05) is 0 Å². The molecule has 96 valence electrons. The molecule has 1 aromatic rings. The summed E-state index contributed by atoms with van der Waals surface area (Å²) in [6.45, 7) is 9.44. The maximum atomic E-state index is 13.3. The van der Waals surface area contributed by atoms with Crippen molar-refractivity contribution in [3.8, 4) is 0 Å². The first-order valence-corrected chi connectivity index (χ1v) is 6.15.